The van der Waals surface area contributed by atoms with Gasteiger partial charge in [-0.05, 0) is 5.88 Å². The first-order valence-corrected chi connectivity index (χ1v) is 3.23. The Labute approximate surface area is 55.8 Å². The highest BCUT2D eigenvalue weighted by Gasteiger charge is 2.12. The lowest BCUT2D eigenvalue weighted by Crippen LogP contribution is -2.33. The molecule has 2 heteroatoms. The molecule has 50 valence electrons. The molecule has 9 heavy (non-hydrogen) atoms. The summed E-state index contributed by atoms with van der Waals surface area (Å²) in [5, 5.41) is 10.6. The van der Waals surface area contributed by atoms with Crippen molar-refractivity contribution in [1.82, 2.24) is 4.90 Å². The number of hydrogen-bond acceptors (Lipinski definition) is 2. The number of hydrogen-bond donors (Lipinski definition) is 0. The molecule has 0 unspecified atom stereocenters. The Kier molecular flexibility index (Phi) is 1.88. The van der Waals surface area contributed by atoms with E-state index in [-0.39, 0.29) is 5.88 Å². The van der Waals surface area contributed by atoms with E-state index in [1.54, 1.807) is 4.90 Å². The van der Waals surface area contributed by atoms with Gasteiger partial charge in [0.15, 0.2) is 0 Å². The third-order valence-electron chi connectivity index (χ3n) is 1.56. The molecule has 0 aromatic carbocycles. The summed E-state index contributed by atoms with van der Waals surface area (Å²) in [4.78, 5) is 1.78. The van der Waals surface area contributed by atoms with Gasteiger partial charge >= 0.3 is 0 Å². The van der Waals surface area contributed by atoms with Gasteiger partial charge in [0.1, 0.15) is 12.8 Å². The molecule has 0 aliphatic carbocycles. The number of likely N-dealkylation sites (tertiary alicyclic amines) is 1. The zero-order valence-electron chi connectivity index (χ0n) is 5.47. The minimum absolute atomic E-state index is 0.0388. The number of nitrogens with zero attached hydrogens (tertiary/aromatic N) is 1. The van der Waals surface area contributed by atoms with Crippen LogP contribution in [-0.4, -0.2) is 18.0 Å². The maximum absolute atomic E-state index is 10.6. The largest absolute Gasteiger partial charge is 0.861 e. The van der Waals surface area contributed by atoms with E-state index in [0.29, 0.717) is 0 Å². The van der Waals surface area contributed by atoms with Gasteiger partial charge in [-0.3, -0.25) is 0 Å². The molecular weight excluding hydrogens is 114 g/mol. The van der Waals surface area contributed by atoms with Crippen LogP contribution in [0, 0.1) is 6.42 Å². The zero-order chi connectivity index (χ0) is 6.69. The second kappa shape index (κ2) is 2.67. The molecular formula is C7H11NO. The van der Waals surface area contributed by atoms with Gasteiger partial charge in [-0.2, -0.15) is 0 Å². The van der Waals surface area contributed by atoms with Crippen LogP contribution < -0.4 is 5.11 Å². The third kappa shape index (κ3) is 1.56. The van der Waals surface area contributed by atoms with Crippen LogP contribution in [0.2, 0.25) is 0 Å². The predicted molar refractivity (Wildman–Crippen MR) is 34.2 cm³/mol. The molecule has 0 aromatic rings. The first-order valence-electron chi connectivity index (χ1n) is 3.23. The Bertz CT molecular complexity index is 105. The molecule has 1 heterocycles. The lowest BCUT2D eigenvalue weighted by Gasteiger charge is -2.30. The van der Waals surface area contributed by atoms with E-state index < -0.39 is 0 Å². The van der Waals surface area contributed by atoms with Gasteiger partial charge < -0.3 is 10.0 Å². The molecule has 0 amide bonds. The molecule has 2 nitrogen and oxygen atoms in total. The van der Waals surface area contributed by atoms with Crippen molar-refractivity contribution in [2.24, 2.45) is 0 Å². The first-order chi connectivity index (χ1) is 4.30. The Morgan fingerprint density at radius 1 is 1.44 bits per heavy atom. The van der Waals surface area contributed by atoms with Crippen molar-refractivity contribution in [1.29, 1.82) is 0 Å². The van der Waals surface area contributed by atoms with Gasteiger partial charge in [0.2, 0.25) is 0 Å². The molecule has 0 bridgehead atoms. The molecule has 0 radical (unpaired) electrons. The fourth-order valence-corrected chi connectivity index (χ4v) is 1.000. The molecule has 0 spiro atoms. The fraction of sp³-hybridized carbons (Fsp3) is 0.571. The van der Waals surface area contributed by atoms with Gasteiger partial charge in [-0.25, -0.2) is 0 Å². The summed E-state index contributed by atoms with van der Waals surface area (Å²) in [6.07, 6.45) is 4.27. The number of rotatable bonds is 1. The molecule has 0 saturated carbocycles. The van der Waals surface area contributed by atoms with Crippen molar-refractivity contribution in [3.05, 3.63) is 18.9 Å². The van der Waals surface area contributed by atoms with E-state index in [1.807, 2.05) is 0 Å². The minimum atomic E-state index is -0.0388. The number of piperidine rings is 1. The van der Waals surface area contributed by atoms with Crippen LogP contribution in [0.4, 0.5) is 0 Å². The molecule has 1 rings (SSSR count). The van der Waals surface area contributed by atoms with E-state index in [9.17, 15) is 5.11 Å². The summed E-state index contributed by atoms with van der Waals surface area (Å²) in [7, 11) is 0. The summed E-state index contributed by atoms with van der Waals surface area (Å²) in [5.74, 6) is -0.0388. The van der Waals surface area contributed by atoms with Crippen LogP contribution in [0.15, 0.2) is 12.5 Å². The van der Waals surface area contributed by atoms with Crippen molar-refractivity contribution in [2.75, 3.05) is 13.1 Å². The highest BCUT2D eigenvalue weighted by molar-refractivity contribution is 4.85. The molecule has 1 aliphatic rings. The lowest BCUT2D eigenvalue weighted by molar-refractivity contribution is -0.332. The van der Waals surface area contributed by atoms with Crippen molar-refractivity contribution in [2.45, 2.75) is 12.8 Å². The smallest absolute Gasteiger partial charge is 0.105 e. The average Bonchev–Trinajstić information content (AvgIpc) is 1.90. The van der Waals surface area contributed by atoms with Crippen LogP contribution in [0.5, 0.6) is 0 Å². The second-order valence-corrected chi connectivity index (χ2v) is 2.25. The third-order valence-corrected chi connectivity index (χ3v) is 1.56. The van der Waals surface area contributed by atoms with E-state index in [4.69, 9.17) is 0 Å². The maximum Gasteiger partial charge on any atom is 0.105 e. The summed E-state index contributed by atoms with van der Waals surface area (Å²) >= 11 is 0. The highest BCUT2D eigenvalue weighted by atomic mass is 16.3. The Morgan fingerprint density at radius 2 is 2.00 bits per heavy atom. The van der Waals surface area contributed by atoms with Gasteiger partial charge in [-0.15, -0.1) is 0 Å². The van der Waals surface area contributed by atoms with Gasteiger partial charge in [0, 0.05) is 0 Å². The summed E-state index contributed by atoms with van der Waals surface area (Å²) in [6, 6.07) is 0. The minimum Gasteiger partial charge on any atom is -0.861 e. The topological polar surface area (TPSA) is 26.3 Å². The van der Waals surface area contributed by atoms with E-state index >= 15 is 0 Å². The molecule has 1 aliphatic heterocycles. The summed E-state index contributed by atoms with van der Waals surface area (Å²) in [6.45, 7) is 5.06. The Morgan fingerprint density at radius 3 is 2.33 bits per heavy atom. The Hall–Kier alpha value is -0.790. The summed E-state index contributed by atoms with van der Waals surface area (Å²) < 4.78 is 0. The van der Waals surface area contributed by atoms with E-state index in [1.165, 1.54) is 0 Å². The first kappa shape index (κ1) is 6.33. The zero-order valence-corrected chi connectivity index (χ0v) is 5.47. The van der Waals surface area contributed by atoms with Crippen molar-refractivity contribution < 1.29 is 5.11 Å². The SMILES string of the molecule is C=C([O-])N1CC[CH+]CC1. The van der Waals surface area contributed by atoms with Gasteiger partial charge in [0.25, 0.3) is 0 Å². The quantitative estimate of drug-likeness (QED) is 0.367. The van der Waals surface area contributed by atoms with Crippen LogP contribution in [0.1, 0.15) is 12.8 Å². The molecule has 0 aromatic heterocycles. The predicted octanol–water partition coefficient (Wildman–Crippen LogP) is 0.118. The molecule has 0 N–H and O–H groups in total. The highest BCUT2D eigenvalue weighted by Crippen LogP contribution is 2.08. The maximum atomic E-state index is 10.6. The standard InChI is InChI=1S/C7H11NO/c1-7(9)8-5-3-2-4-6-8/h2H,1,3-6H2. The molecule has 1 fully saturated rings. The molecule has 1 saturated heterocycles. The monoisotopic (exact) mass is 125 g/mol. The van der Waals surface area contributed by atoms with Crippen LogP contribution in [0.25, 0.3) is 0 Å². The normalized spacial score (nSPS) is 18.9. The summed E-state index contributed by atoms with van der Waals surface area (Å²) in [5.41, 5.74) is 0. The van der Waals surface area contributed by atoms with Crippen molar-refractivity contribution in [3.63, 3.8) is 0 Å². The van der Waals surface area contributed by atoms with Crippen LogP contribution in [0.3, 0.4) is 0 Å². The van der Waals surface area contributed by atoms with Gasteiger partial charge in [0.05, 0.1) is 19.5 Å². The van der Waals surface area contributed by atoms with Crippen molar-refractivity contribution in [3.8, 4) is 0 Å². The van der Waals surface area contributed by atoms with Crippen LogP contribution >= 0.6 is 0 Å². The van der Waals surface area contributed by atoms with E-state index in [0.717, 1.165) is 25.9 Å². The Balaban J connectivity index is 2.31. The van der Waals surface area contributed by atoms with Crippen molar-refractivity contribution >= 4 is 0 Å². The van der Waals surface area contributed by atoms with Crippen LogP contribution in [-0.2, 0) is 0 Å². The van der Waals surface area contributed by atoms with E-state index in [2.05, 4.69) is 13.0 Å². The van der Waals surface area contributed by atoms with Gasteiger partial charge in [-0.1, -0.05) is 6.58 Å². The fourth-order valence-electron chi connectivity index (χ4n) is 1.000. The molecule has 0 atom stereocenters. The average molecular weight is 125 g/mol. The lowest BCUT2D eigenvalue weighted by atomic mass is 10.1. The second-order valence-electron chi connectivity index (χ2n) is 2.25.